The molecule has 0 heterocycles. The number of carbonyl (C=O) groups is 2. The summed E-state index contributed by atoms with van der Waals surface area (Å²) < 4.78 is 5.50. The highest BCUT2D eigenvalue weighted by atomic mass is 16.5. The molecule has 98 valence electrons. The zero-order valence-electron chi connectivity index (χ0n) is 10.6. The molecule has 1 aromatic rings. The van der Waals surface area contributed by atoms with Crippen molar-refractivity contribution in [3.05, 3.63) is 29.8 Å². The van der Waals surface area contributed by atoms with Gasteiger partial charge in [-0.3, -0.25) is 4.79 Å². The fourth-order valence-corrected chi connectivity index (χ4v) is 1.38. The topological polar surface area (TPSA) is 55.4 Å². The molecule has 1 N–H and O–H groups in total. The van der Waals surface area contributed by atoms with Gasteiger partial charge in [-0.25, -0.2) is 0 Å². The second kappa shape index (κ2) is 8.28. The molecular formula is C14H19NO3. The largest absolute Gasteiger partial charge is 0.494 e. The molecule has 0 bridgehead atoms. The Balaban J connectivity index is 2.43. The molecule has 4 nitrogen and oxygen atoms in total. The summed E-state index contributed by atoms with van der Waals surface area (Å²) in [6.07, 6.45) is 3.24. The average molecular weight is 249 g/mol. The molecule has 0 atom stereocenters. The fraction of sp³-hybridized carbons (Fsp3) is 0.429. The Hall–Kier alpha value is -1.84. The zero-order chi connectivity index (χ0) is 13.2. The number of benzene rings is 1. The van der Waals surface area contributed by atoms with Crippen LogP contribution in [0.3, 0.4) is 0 Å². The van der Waals surface area contributed by atoms with Crippen molar-refractivity contribution in [2.45, 2.75) is 26.2 Å². The van der Waals surface area contributed by atoms with Crippen LogP contribution in [0.15, 0.2) is 24.3 Å². The Morgan fingerprint density at radius 1 is 1.33 bits per heavy atom. The molecule has 0 aromatic heterocycles. The Kier molecular flexibility index (Phi) is 6.54. The first kappa shape index (κ1) is 14.2. The van der Waals surface area contributed by atoms with Crippen LogP contribution in [0.1, 0.15) is 36.5 Å². The third-order valence-corrected chi connectivity index (χ3v) is 2.43. The van der Waals surface area contributed by atoms with Gasteiger partial charge in [-0.2, -0.15) is 0 Å². The third-order valence-electron chi connectivity index (χ3n) is 2.43. The maximum atomic E-state index is 11.6. The number of hydrogen-bond acceptors (Lipinski definition) is 3. The third kappa shape index (κ3) is 4.99. The van der Waals surface area contributed by atoms with E-state index in [9.17, 15) is 9.59 Å². The lowest BCUT2D eigenvalue weighted by atomic mass is 10.2. The van der Waals surface area contributed by atoms with E-state index in [4.69, 9.17) is 4.74 Å². The number of rotatable bonds is 8. The fourth-order valence-electron chi connectivity index (χ4n) is 1.38. The molecule has 0 aliphatic heterocycles. The predicted molar refractivity (Wildman–Crippen MR) is 69.9 cm³/mol. The van der Waals surface area contributed by atoms with Gasteiger partial charge in [0.2, 0.25) is 0 Å². The van der Waals surface area contributed by atoms with E-state index in [1.807, 2.05) is 0 Å². The van der Waals surface area contributed by atoms with Crippen LogP contribution in [-0.4, -0.2) is 25.3 Å². The van der Waals surface area contributed by atoms with E-state index >= 15 is 0 Å². The highest BCUT2D eigenvalue weighted by Crippen LogP contribution is 2.12. The number of unbranched alkanes of at least 4 members (excludes halogenated alkanes) is 1. The molecule has 0 radical (unpaired) electrons. The molecule has 1 rings (SSSR count). The highest BCUT2D eigenvalue weighted by molar-refractivity contribution is 5.94. The van der Waals surface area contributed by atoms with Gasteiger partial charge in [0.05, 0.1) is 6.61 Å². The molecule has 0 aliphatic carbocycles. The van der Waals surface area contributed by atoms with Crippen molar-refractivity contribution in [2.24, 2.45) is 0 Å². The van der Waals surface area contributed by atoms with E-state index in [1.54, 1.807) is 24.3 Å². The molecule has 0 aliphatic rings. The number of carbonyl (C=O) groups excluding carboxylic acids is 2. The molecule has 0 saturated carbocycles. The van der Waals surface area contributed by atoms with Gasteiger partial charge >= 0.3 is 0 Å². The molecule has 0 saturated heterocycles. The van der Waals surface area contributed by atoms with E-state index in [0.717, 1.165) is 24.9 Å². The Labute approximate surface area is 107 Å². The van der Waals surface area contributed by atoms with Crippen molar-refractivity contribution in [3.8, 4) is 5.75 Å². The number of nitrogens with one attached hydrogen (secondary N) is 1. The summed E-state index contributed by atoms with van der Waals surface area (Å²) in [6.45, 7) is 3.18. The predicted octanol–water partition coefficient (Wildman–Crippen LogP) is 2.18. The normalized spacial score (nSPS) is 9.83. The Bertz CT molecular complexity index is 373. The van der Waals surface area contributed by atoms with Crippen LogP contribution in [-0.2, 0) is 4.79 Å². The van der Waals surface area contributed by atoms with Gasteiger partial charge in [-0.15, -0.1) is 0 Å². The van der Waals surface area contributed by atoms with Gasteiger partial charge in [-0.1, -0.05) is 13.3 Å². The summed E-state index contributed by atoms with van der Waals surface area (Å²) >= 11 is 0. The minimum atomic E-state index is -0.169. The maximum absolute atomic E-state index is 11.6. The van der Waals surface area contributed by atoms with Gasteiger partial charge in [0, 0.05) is 18.5 Å². The van der Waals surface area contributed by atoms with Crippen LogP contribution >= 0.6 is 0 Å². The van der Waals surface area contributed by atoms with Crippen LogP contribution < -0.4 is 10.1 Å². The molecule has 0 unspecified atom stereocenters. The van der Waals surface area contributed by atoms with Crippen LogP contribution in [0.2, 0.25) is 0 Å². The van der Waals surface area contributed by atoms with E-state index < -0.39 is 0 Å². The molecular weight excluding hydrogens is 230 g/mol. The minimum Gasteiger partial charge on any atom is -0.494 e. The smallest absolute Gasteiger partial charge is 0.251 e. The van der Waals surface area contributed by atoms with E-state index in [0.29, 0.717) is 25.1 Å². The molecule has 1 aromatic carbocycles. The number of amides is 1. The summed E-state index contributed by atoms with van der Waals surface area (Å²) in [7, 11) is 0. The van der Waals surface area contributed by atoms with Crippen molar-refractivity contribution in [3.63, 3.8) is 0 Å². The Morgan fingerprint density at radius 2 is 2.06 bits per heavy atom. The first-order valence-corrected chi connectivity index (χ1v) is 6.22. The van der Waals surface area contributed by atoms with Gasteiger partial charge in [0.1, 0.15) is 12.0 Å². The average Bonchev–Trinajstić information content (AvgIpc) is 2.40. The van der Waals surface area contributed by atoms with Gasteiger partial charge in [0.25, 0.3) is 5.91 Å². The summed E-state index contributed by atoms with van der Waals surface area (Å²) in [6, 6.07) is 7.00. The van der Waals surface area contributed by atoms with E-state index in [-0.39, 0.29) is 5.91 Å². The van der Waals surface area contributed by atoms with Gasteiger partial charge < -0.3 is 14.8 Å². The molecule has 0 spiro atoms. The second-order valence-corrected chi connectivity index (χ2v) is 3.94. The summed E-state index contributed by atoms with van der Waals surface area (Å²) in [5, 5.41) is 2.66. The lowest BCUT2D eigenvalue weighted by molar-refractivity contribution is -0.107. The lowest BCUT2D eigenvalue weighted by Crippen LogP contribution is -2.24. The van der Waals surface area contributed by atoms with Gasteiger partial charge in [0.15, 0.2) is 0 Å². The zero-order valence-corrected chi connectivity index (χ0v) is 10.6. The van der Waals surface area contributed by atoms with Gasteiger partial charge in [-0.05, 0) is 30.7 Å². The summed E-state index contributed by atoms with van der Waals surface area (Å²) in [5.41, 5.74) is 0.573. The Morgan fingerprint density at radius 3 is 2.67 bits per heavy atom. The van der Waals surface area contributed by atoms with Crippen LogP contribution in [0.25, 0.3) is 0 Å². The first-order valence-electron chi connectivity index (χ1n) is 6.22. The minimum absolute atomic E-state index is 0.169. The summed E-state index contributed by atoms with van der Waals surface area (Å²) in [5.74, 6) is 0.602. The van der Waals surface area contributed by atoms with Crippen LogP contribution in [0, 0.1) is 0 Å². The standard InChI is InChI=1S/C14H19NO3/c1-2-3-11-18-13-7-5-12(6-8-13)14(17)15-9-4-10-16/h5-8,10H,2-4,9,11H2,1H3,(H,15,17). The quantitative estimate of drug-likeness (QED) is 0.567. The van der Waals surface area contributed by atoms with Crippen molar-refractivity contribution in [1.82, 2.24) is 5.32 Å². The van der Waals surface area contributed by atoms with Crippen molar-refractivity contribution in [2.75, 3.05) is 13.2 Å². The molecule has 18 heavy (non-hydrogen) atoms. The monoisotopic (exact) mass is 249 g/mol. The van der Waals surface area contributed by atoms with Crippen molar-refractivity contribution < 1.29 is 14.3 Å². The second-order valence-electron chi connectivity index (χ2n) is 3.94. The van der Waals surface area contributed by atoms with E-state index in [1.165, 1.54) is 0 Å². The van der Waals surface area contributed by atoms with Crippen LogP contribution in [0.4, 0.5) is 0 Å². The van der Waals surface area contributed by atoms with Crippen molar-refractivity contribution in [1.29, 1.82) is 0 Å². The lowest BCUT2D eigenvalue weighted by Gasteiger charge is -2.06. The molecule has 0 fully saturated rings. The molecule has 1 amide bonds. The first-order chi connectivity index (χ1) is 8.77. The number of hydrogen-bond donors (Lipinski definition) is 1. The highest BCUT2D eigenvalue weighted by Gasteiger charge is 2.04. The summed E-state index contributed by atoms with van der Waals surface area (Å²) in [4.78, 5) is 21.7. The maximum Gasteiger partial charge on any atom is 0.251 e. The number of ether oxygens (including phenoxy) is 1. The number of aldehydes is 1. The van der Waals surface area contributed by atoms with E-state index in [2.05, 4.69) is 12.2 Å². The van der Waals surface area contributed by atoms with Crippen LogP contribution in [0.5, 0.6) is 5.75 Å². The van der Waals surface area contributed by atoms with Crippen molar-refractivity contribution >= 4 is 12.2 Å². The molecule has 4 heteroatoms. The SMILES string of the molecule is CCCCOc1ccc(C(=O)NCCC=O)cc1.